The predicted molar refractivity (Wildman–Crippen MR) is 67.9 cm³/mol. The number of carboxylic acid groups (broad SMARTS) is 1. The monoisotopic (exact) mass is 253 g/mol. The number of ether oxygens (including phenoxy) is 1. The summed E-state index contributed by atoms with van der Waals surface area (Å²) in [5, 5.41) is 18.6. The molecule has 0 fully saturated rings. The van der Waals surface area contributed by atoms with Gasteiger partial charge in [-0.15, -0.1) is 0 Å². The average Bonchev–Trinajstić information content (AvgIpc) is 2.26. The summed E-state index contributed by atoms with van der Waals surface area (Å²) >= 11 is 0. The molecule has 5 nitrogen and oxygen atoms in total. The summed E-state index contributed by atoms with van der Waals surface area (Å²) in [5.41, 5.74) is 7.25. The Morgan fingerprint density at radius 2 is 2.06 bits per heavy atom. The molecule has 1 aromatic rings. The molecule has 0 aliphatic heterocycles. The van der Waals surface area contributed by atoms with Gasteiger partial charge in [-0.05, 0) is 23.6 Å². The van der Waals surface area contributed by atoms with E-state index in [0.29, 0.717) is 5.56 Å². The van der Waals surface area contributed by atoms with Crippen LogP contribution in [0.4, 0.5) is 0 Å². The molecule has 0 bridgehead atoms. The van der Waals surface area contributed by atoms with Crippen LogP contribution >= 0.6 is 0 Å². The molecule has 0 heterocycles. The lowest BCUT2D eigenvalue weighted by Gasteiger charge is -2.18. The van der Waals surface area contributed by atoms with Gasteiger partial charge in [-0.2, -0.15) is 0 Å². The van der Waals surface area contributed by atoms with Crippen LogP contribution in [0.15, 0.2) is 12.1 Å². The Labute approximate surface area is 106 Å². The number of nitrogens with two attached hydrogens (primary N) is 1. The highest BCUT2D eigenvalue weighted by Crippen LogP contribution is 2.37. The van der Waals surface area contributed by atoms with Gasteiger partial charge in [0.15, 0.2) is 11.5 Å². The van der Waals surface area contributed by atoms with Gasteiger partial charge >= 0.3 is 5.97 Å². The summed E-state index contributed by atoms with van der Waals surface area (Å²) in [4.78, 5) is 10.7. The van der Waals surface area contributed by atoms with Crippen molar-refractivity contribution in [3.8, 4) is 11.5 Å². The molecule has 0 aliphatic rings. The number of phenolic OH excluding ortho intramolecular Hbond substituents is 1. The minimum absolute atomic E-state index is 0.0143. The molecule has 18 heavy (non-hydrogen) atoms. The fourth-order valence-corrected chi connectivity index (χ4v) is 1.79. The summed E-state index contributed by atoms with van der Waals surface area (Å²) in [5.74, 6) is -0.552. The molecule has 0 spiro atoms. The second kappa shape index (κ2) is 5.73. The number of aromatic hydroxyl groups is 1. The van der Waals surface area contributed by atoms with Crippen LogP contribution in [-0.2, 0) is 4.79 Å². The van der Waals surface area contributed by atoms with Crippen LogP contribution in [0.25, 0.3) is 0 Å². The van der Waals surface area contributed by atoms with E-state index < -0.39 is 12.0 Å². The van der Waals surface area contributed by atoms with Gasteiger partial charge in [0.2, 0.25) is 0 Å². The molecule has 0 amide bonds. The van der Waals surface area contributed by atoms with E-state index >= 15 is 0 Å². The van der Waals surface area contributed by atoms with Crippen molar-refractivity contribution >= 4 is 5.97 Å². The van der Waals surface area contributed by atoms with Gasteiger partial charge in [0.05, 0.1) is 13.5 Å². The highest BCUT2D eigenvalue weighted by molar-refractivity contribution is 5.68. The number of carbonyl (C=O) groups is 1. The van der Waals surface area contributed by atoms with Gasteiger partial charge in [-0.25, -0.2) is 0 Å². The third kappa shape index (κ3) is 3.13. The van der Waals surface area contributed by atoms with Gasteiger partial charge in [-0.3, -0.25) is 4.79 Å². The van der Waals surface area contributed by atoms with Gasteiger partial charge in [0.1, 0.15) is 0 Å². The van der Waals surface area contributed by atoms with Gasteiger partial charge in [-0.1, -0.05) is 13.8 Å². The first-order valence-corrected chi connectivity index (χ1v) is 5.75. The standard InChI is InChI=1S/C13H19NO4/c1-7(2)8-4-9(10(14)6-12(16)17)13(18-3)11(15)5-8/h4-5,7,10,15H,6,14H2,1-3H3,(H,16,17). The van der Waals surface area contributed by atoms with E-state index in [-0.39, 0.29) is 23.8 Å². The largest absolute Gasteiger partial charge is 0.504 e. The third-order valence-electron chi connectivity index (χ3n) is 2.79. The zero-order chi connectivity index (χ0) is 13.9. The summed E-state index contributed by atoms with van der Waals surface area (Å²) < 4.78 is 5.09. The van der Waals surface area contributed by atoms with Crippen molar-refractivity contribution in [1.82, 2.24) is 0 Å². The van der Waals surface area contributed by atoms with Crippen LogP contribution in [0.2, 0.25) is 0 Å². The first kappa shape index (κ1) is 14.3. The van der Waals surface area contributed by atoms with Crippen molar-refractivity contribution in [1.29, 1.82) is 0 Å². The van der Waals surface area contributed by atoms with E-state index in [1.165, 1.54) is 7.11 Å². The van der Waals surface area contributed by atoms with E-state index in [9.17, 15) is 9.90 Å². The Balaban J connectivity index is 3.25. The second-order valence-corrected chi connectivity index (χ2v) is 4.52. The van der Waals surface area contributed by atoms with Crippen LogP contribution < -0.4 is 10.5 Å². The highest BCUT2D eigenvalue weighted by Gasteiger charge is 2.20. The molecule has 1 aromatic carbocycles. The van der Waals surface area contributed by atoms with Crippen molar-refractivity contribution in [3.63, 3.8) is 0 Å². The van der Waals surface area contributed by atoms with E-state index in [2.05, 4.69) is 0 Å². The minimum atomic E-state index is -0.987. The van der Waals surface area contributed by atoms with Crippen LogP contribution in [0.5, 0.6) is 11.5 Å². The topological polar surface area (TPSA) is 92.8 Å². The fraction of sp³-hybridized carbons (Fsp3) is 0.462. The molecule has 100 valence electrons. The molecule has 0 aliphatic carbocycles. The highest BCUT2D eigenvalue weighted by atomic mass is 16.5. The Morgan fingerprint density at radius 3 is 2.50 bits per heavy atom. The fourth-order valence-electron chi connectivity index (χ4n) is 1.79. The minimum Gasteiger partial charge on any atom is -0.504 e. The van der Waals surface area contributed by atoms with Gasteiger partial charge in [0, 0.05) is 11.6 Å². The summed E-state index contributed by atoms with van der Waals surface area (Å²) in [6, 6.07) is 2.69. The number of carboxylic acids is 1. The smallest absolute Gasteiger partial charge is 0.305 e. The molecular weight excluding hydrogens is 234 g/mol. The van der Waals surface area contributed by atoms with E-state index in [1.54, 1.807) is 12.1 Å². The Kier molecular flexibility index (Phi) is 4.55. The molecule has 0 aromatic heterocycles. The van der Waals surface area contributed by atoms with E-state index in [1.807, 2.05) is 13.8 Å². The van der Waals surface area contributed by atoms with Crippen molar-refractivity contribution in [2.75, 3.05) is 7.11 Å². The summed E-state index contributed by atoms with van der Waals surface area (Å²) in [7, 11) is 1.42. The number of benzene rings is 1. The number of hydrogen-bond acceptors (Lipinski definition) is 4. The second-order valence-electron chi connectivity index (χ2n) is 4.52. The summed E-state index contributed by atoms with van der Waals surface area (Å²) in [6.45, 7) is 3.96. The number of rotatable bonds is 5. The zero-order valence-electron chi connectivity index (χ0n) is 10.8. The molecular formula is C13H19NO4. The van der Waals surface area contributed by atoms with Crippen molar-refractivity contribution in [2.45, 2.75) is 32.2 Å². The molecule has 0 saturated heterocycles. The molecule has 4 N–H and O–H groups in total. The Bertz CT molecular complexity index is 443. The Hall–Kier alpha value is -1.75. The molecule has 1 unspecified atom stereocenters. The lowest BCUT2D eigenvalue weighted by atomic mass is 9.95. The van der Waals surface area contributed by atoms with Gasteiger partial charge < -0.3 is 20.7 Å². The summed E-state index contributed by atoms with van der Waals surface area (Å²) in [6.07, 6.45) is -0.211. The van der Waals surface area contributed by atoms with Crippen LogP contribution in [0.1, 0.15) is 43.4 Å². The first-order valence-electron chi connectivity index (χ1n) is 5.75. The molecule has 0 radical (unpaired) electrons. The maximum absolute atomic E-state index is 10.7. The lowest BCUT2D eigenvalue weighted by Crippen LogP contribution is -2.16. The predicted octanol–water partition coefficient (Wildman–Crippen LogP) is 2.00. The number of hydrogen-bond donors (Lipinski definition) is 3. The van der Waals surface area contributed by atoms with Crippen LogP contribution in [-0.4, -0.2) is 23.3 Å². The van der Waals surface area contributed by atoms with Crippen molar-refractivity contribution in [2.24, 2.45) is 5.73 Å². The van der Waals surface area contributed by atoms with E-state index in [4.69, 9.17) is 15.6 Å². The van der Waals surface area contributed by atoms with Gasteiger partial charge in [0.25, 0.3) is 0 Å². The zero-order valence-corrected chi connectivity index (χ0v) is 10.8. The Morgan fingerprint density at radius 1 is 1.44 bits per heavy atom. The number of methoxy groups -OCH3 is 1. The van der Waals surface area contributed by atoms with Crippen LogP contribution in [0, 0.1) is 0 Å². The first-order chi connectivity index (χ1) is 8.36. The third-order valence-corrected chi connectivity index (χ3v) is 2.79. The number of aliphatic carboxylic acids is 1. The lowest BCUT2D eigenvalue weighted by molar-refractivity contribution is -0.137. The van der Waals surface area contributed by atoms with Crippen LogP contribution in [0.3, 0.4) is 0 Å². The molecule has 1 atom stereocenters. The number of phenols is 1. The average molecular weight is 253 g/mol. The molecule has 5 heteroatoms. The quantitative estimate of drug-likeness (QED) is 0.746. The molecule has 1 rings (SSSR count). The maximum atomic E-state index is 10.7. The van der Waals surface area contributed by atoms with Crippen molar-refractivity contribution in [3.05, 3.63) is 23.3 Å². The molecule has 0 saturated carbocycles. The van der Waals surface area contributed by atoms with E-state index in [0.717, 1.165) is 5.56 Å². The maximum Gasteiger partial charge on any atom is 0.305 e. The SMILES string of the molecule is COc1c(O)cc(C(C)C)cc1C(N)CC(=O)O. The normalized spacial score (nSPS) is 12.5. The van der Waals surface area contributed by atoms with Crippen molar-refractivity contribution < 1.29 is 19.7 Å².